The molecule has 1 N–H and O–H groups in total. The van der Waals surface area contributed by atoms with E-state index >= 15 is 0 Å². The summed E-state index contributed by atoms with van der Waals surface area (Å²) in [5.74, 6) is 0. The highest BCUT2D eigenvalue weighted by molar-refractivity contribution is 5.33. The molecule has 0 radical (unpaired) electrons. The Kier molecular flexibility index (Phi) is 3.72. The summed E-state index contributed by atoms with van der Waals surface area (Å²) in [4.78, 5) is 0. The highest BCUT2D eigenvalue weighted by Gasteiger charge is 2.26. The Morgan fingerprint density at radius 1 is 1.06 bits per heavy atom. The van der Waals surface area contributed by atoms with E-state index in [0.717, 1.165) is 18.4 Å². The van der Waals surface area contributed by atoms with Crippen LogP contribution < -0.4 is 5.32 Å². The molecule has 0 atom stereocenters. The lowest BCUT2D eigenvalue weighted by molar-refractivity contribution is -0.125. The number of aryl methyl sites for hydroxylation is 2. The zero-order valence-electron chi connectivity index (χ0n) is 9.61. The molecule has 1 aliphatic rings. The predicted molar refractivity (Wildman–Crippen MR) is 60.8 cm³/mol. The lowest BCUT2D eigenvalue weighted by Crippen LogP contribution is -2.28. The second-order valence-corrected chi connectivity index (χ2v) is 4.53. The van der Waals surface area contributed by atoms with Crippen molar-refractivity contribution in [3.05, 3.63) is 34.9 Å². The third-order valence-corrected chi connectivity index (χ3v) is 3.07. The standard InChI is InChI=1S/C13H16F3N/c14-13(15,16)9-17-8-10-5-6-11-3-1-2-4-12(11)7-10/h5-7,17H,1-4,8-9H2. The molecule has 0 spiro atoms. The molecule has 0 aliphatic heterocycles. The second-order valence-electron chi connectivity index (χ2n) is 4.53. The zero-order valence-corrected chi connectivity index (χ0v) is 9.61. The van der Waals surface area contributed by atoms with Gasteiger partial charge < -0.3 is 5.32 Å². The predicted octanol–water partition coefficient (Wildman–Crippen LogP) is 3.22. The molecule has 0 aromatic heterocycles. The van der Waals surface area contributed by atoms with Crippen molar-refractivity contribution in [2.45, 2.75) is 38.4 Å². The van der Waals surface area contributed by atoms with Crippen LogP contribution in [0.2, 0.25) is 0 Å². The molecule has 2 rings (SSSR count). The van der Waals surface area contributed by atoms with Gasteiger partial charge in [-0.25, -0.2) is 0 Å². The number of alkyl halides is 3. The van der Waals surface area contributed by atoms with E-state index in [0.29, 0.717) is 0 Å². The Morgan fingerprint density at radius 2 is 1.76 bits per heavy atom. The molecule has 0 saturated heterocycles. The summed E-state index contributed by atoms with van der Waals surface area (Å²) in [6.07, 6.45) is 0.438. The van der Waals surface area contributed by atoms with Gasteiger partial charge in [0.2, 0.25) is 0 Å². The lowest BCUT2D eigenvalue weighted by atomic mass is 9.90. The van der Waals surface area contributed by atoms with Gasteiger partial charge in [-0.1, -0.05) is 18.2 Å². The van der Waals surface area contributed by atoms with E-state index in [1.165, 1.54) is 24.0 Å². The molecule has 1 aromatic carbocycles. The Morgan fingerprint density at radius 3 is 2.47 bits per heavy atom. The molecule has 94 valence electrons. The number of hydrogen-bond acceptors (Lipinski definition) is 1. The van der Waals surface area contributed by atoms with Crippen molar-refractivity contribution in [1.29, 1.82) is 0 Å². The summed E-state index contributed by atoms with van der Waals surface area (Å²) < 4.78 is 35.9. The van der Waals surface area contributed by atoms with Crippen LogP contribution in [0.25, 0.3) is 0 Å². The molecule has 0 amide bonds. The molecular weight excluding hydrogens is 227 g/mol. The first kappa shape index (κ1) is 12.4. The molecule has 1 aliphatic carbocycles. The SMILES string of the molecule is FC(F)(F)CNCc1ccc2c(c1)CCCC2. The minimum atomic E-state index is -4.13. The van der Waals surface area contributed by atoms with Crippen molar-refractivity contribution < 1.29 is 13.2 Å². The molecule has 0 heterocycles. The van der Waals surface area contributed by atoms with Crippen molar-refractivity contribution in [3.8, 4) is 0 Å². The lowest BCUT2D eigenvalue weighted by Gasteiger charge is -2.17. The first-order valence-electron chi connectivity index (χ1n) is 5.93. The minimum Gasteiger partial charge on any atom is -0.305 e. The van der Waals surface area contributed by atoms with E-state index in [2.05, 4.69) is 11.4 Å². The third kappa shape index (κ3) is 3.73. The molecule has 0 fully saturated rings. The Labute approximate surface area is 99.0 Å². The van der Waals surface area contributed by atoms with Crippen LogP contribution >= 0.6 is 0 Å². The Hall–Kier alpha value is -1.03. The highest BCUT2D eigenvalue weighted by atomic mass is 19.4. The van der Waals surface area contributed by atoms with E-state index in [4.69, 9.17) is 0 Å². The van der Waals surface area contributed by atoms with Gasteiger partial charge in [0.25, 0.3) is 0 Å². The fourth-order valence-corrected chi connectivity index (χ4v) is 2.25. The van der Waals surface area contributed by atoms with E-state index in [-0.39, 0.29) is 6.54 Å². The molecular formula is C13H16F3N. The van der Waals surface area contributed by atoms with Crippen LogP contribution in [0.1, 0.15) is 29.5 Å². The normalized spacial score (nSPS) is 15.7. The van der Waals surface area contributed by atoms with Gasteiger partial charge in [-0.15, -0.1) is 0 Å². The van der Waals surface area contributed by atoms with Crippen LogP contribution in [-0.4, -0.2) is 12.7 Å². The summed E-state index contributed by atoms with van der Waals surface area (Å²) in [7, 11) is 0. The highest BCUT2D eigenvalue weighted by Crippen LogP contribution is 2.22. The van der Waals surface area contributed by atoms with Crippen molar-refractivity contribution in [3.63, 3.8) is 0 Å². The number of fused-ring (bicyclic) bond motifs is 1. The van der Waals surface area contributed by atoms with Crippen LogP contribution in [0, 0.1) is 0 Å². The van der Waals surface area contributed by atoms with Gasteiger partial charge in [-0.05, 0) is 42.4 Å². The van der Waals surface area contributed by atoms with Gasteiger partial charge in [0.15, 0.2) is 0 Å². The summed E-state index contributed by atoms with van der Waals surface area (Å²) >= 11 is 0. The minimum absolute atomic E-state index is 0.285. The first-order valence-corrected chi connectivity index (χ1v) is 5.93. The summed E-state index contributed by atoms with van der Waals surface area (Å²) in [6, 6.07) is 6.02. The zero-order chi connectivity index (χ0) is 12.3. The first-order chi connectivity index (χ1) is 8.04. The van der Waals surface area contributed by atoms with E-state index in [1.807, 2.05) is 12.1 Å². The average molecular weight is 243 g/mol. The number of hydrogen-bond donors (Lipinski definition) is 1. The van der Waals surface area contributed by atoms with Crippen molar-refractivity contribution in [1.82, 2.24) is 5.32 Å². The topological polar surface area (TPSA) is 12.0 Å². The van der Waals surface area contributed by atoms with Crippen LogP contribution in [-0.2, 0) is 19.4 Å². The van der Waals surface area contributed by atoms with Crippen molar-refractivity contribution >= 4 is 0 Å². The molecule has 4 heteroatoms. The monoisotopic (exact) mass is 243 g/mol. The molecule has 0 unspecified atom stereocenters. The number of rotatable bonds is 3. The largest absolute Gasteiger partial charge is 0.401 e. The quantitative estimate of drug-likeness (QED) is 0.859. The maximum absolute atomic E-state index is 12.0. The maximum atomic E-state index is 12.0. The van der Waals surface area contributed by atoms with Crippen LogP contribution in [0.4, 0.5) is 13.2 Å². The summed E-state index contributed by atoms with van der Waals surface area (Å²) in [5.41, 5.74) is 3.60. The van der Waals surface area contributed by atoms with Crippen LogP contribution in [0.15, 0.2) is 18.2 Å². The fraction of sp³-hybridized carbons (Fsp3) is 0.538. The molecule has 17 heavy (non-hydrogen) atoms. The van der Waals surface area contributed by atoms with Gasteiger partial charge in [0.1, 0.15) is 0 Å². The van der Waals surface area contributed by atoms with E-state index < -0.39 is 12.7 Å². The van der Waals surface area contributed by atoms with Crippen molar-refractivity contribution in [2.24, 2.45) is 0 Å². The van der Waals surface area contributed by atoms with Gasteiger partial charge in [-0.2, -0.15) is 13.2 Å². The number of halogens is 3. The summed E-state index contributed by atoms with van der Waals surface area (Å²) in [5, 5.41) is 2.42. The summed E-state index contributed by atoms with van der Waals surface area (Å²) in [6.45, 7) is -0.642. The average Bonchev–Trinajstić information content (AvgIpc) is 2.27. The van der Waals surface area contributed by atoms with Crippen LogP contribution in [0.3, 0.4) is 0 Å². The smallest absolute Gasteiger partial charge is 0.305 e. The van der Waals surface area contributed by atoms with Crippen molar-refractivity contribution in [2.75, 3.05) is 6.54 Å². The van der Waals surface area contributed by atoms with Gasteiger partial charge in [0.05, 0.1) is 6.54 Å². The van der Waals surface area contributed by atoms with E-state index in [1.54, 1.807) is 0 Å². The van der Waals surface area contributed by atoms with Gasteiger partial charge in [-0.3, -0.25) is 0 Å². The van der Waals surface area contributed by atoms with Crippen LogP contribution in [0.5, 0.6) is 0 Å². The van der Waals surface area contributed by atoms with Gasteiger partial charge in [0, 0.05) is 6.54 Å². The molecule has 1 aromatic rings. The number of benzene rings is 1. The fourth-order valence-electron chi connectivity index (χ4n) is 2.25. The van der Waals surface area contributed by atoms with Gasteiger partial charge >= 0.3 is 6.18 Å². The molecule has 0 bridgehead atoms. The number of nitrogens with one attached hydrogen (secondary N) is 1. The Bertz CT molecular complexity index is 385. The third-order valence-electron chi connectivity index (χ3n) is 3.07. The Balaban J connectivity index is 1.93. The van der Waals surface area contributed by atoms with E-state index in [9.17, 15) is 13.2 Å². The molecule has 1 nitrogen and oxygen atoms in total. The maximum Gasteiger partial charge on any atom is 0.401 e. The molecule has 0 saturated carbocycles. The second kappa shape index (κ2) is 5.08.